The highest BCUT2D eigenvalue weighted by molar-refractivity contribution is 7.89. The van der Waals surface area contributed by atoms with E-state index in [0.29, 0.717) is 0 Å². The van der Waals surface area contributed by atoms with Gasteiger partial charge in [0.1, 0.15) is 11.5 Å². The maximum atomic E-state index is 11.4. The van der Waals surface area contributed by atoms with E-state index >= 15 is 0 Å². The Balaban J connectivity index is 2.83. The lowest BCUT2D eigenvalue weighted by molar-refractivity contribution is -0.123. The predicted octanol–water partition coefficient (Wildman–Crippen LogP) is -1.93. The van der Waals surface area contributed by atoms with Crippen LogP contribution < -0.4 is 16.0 Å². The van der Waals surface area contributed by atoms with Crippen LogP contribution in [0.15, 0.2) is 28.2 Å². The number of hydrogen-bond donors (Lipinski definition) is 3. The van der Waals surface area contributed by atoms with Gasteiger partial charge in [0, 0.05) is 18.5 Å². The van der Waals surface area contributed by atoms with Gasteiger partial charge in [0.2, 0.25) is 11.3 Å². The lowest BCUT2D eigenvalue weighted by Crippen LogP contribution is -2.32. The quantitative estimate of drug-likeness (QED) is 0.521. The number of rotatable bonds is 5. The summed E-state index contributed by atoms with van der Waals surface area (Å²) < 4.78 is 22.9. The topological polar surface area (TPSA) is 131 Å². The second-order valence-corrected chi connectivity index (χ2v) is 4.33. The molecule has 1 heterocycles. The summed E-state index contributed by atoms with van der Waals surface area (Å²) >= 11 is 0. The Bertz CT molecular complexity index is 535. The highest BCUT2D eigenvalue weighted by Gasteiger charge is 2.17. The van der Waals surface area contributed by atoms with Crippen molar-refractivity contribution < 1.29 is 18.0 Å². The molecule has 0 saturated carbocycles. The average molecular weight is 247 g/mol. The SMILES string of the molecule is NC(=O)CONS(=O)(=O)c1c[nH]ccc1=O. The second-order valence-electron chi connectivity index (χ2n) is 2.71. The molecule has 1 aromatic rings. The highest BCUT2D eigenvalue weighted by Crippen LogP contribution is 1.98. The minimum absolute atomic E-state index is 0.514. The van der Waals surface area contributed by atoms with Gasteiger partial charge in [-0.1, -0.05) is 4.89 Å². The summed E-state index contributed by atoms with van der Waals surface area (Å²) in [6.07, 6.45) is 2.28. The monoisotopic (exact) mass is 247 g/mol. The van der Waals surface area contributed by atoms with Gasteiger partial charge in [0.25, 0.3) is 10.0 Å². The van der Waals surface area contributed by atoms with E-state index in [2.05, 4.69) is 9.82 Å². The van der Waals surface area contributed by atoms with Crippen LogP contribution in [0.2, 0.25) is 0 Å². The summed E-state index contributed by atoms with van der Waals surface area (Å²) in [4.78, 5) is 29.3. The van der Waals surface area contributed by atoms with Crippen LogP contribution in [0.5, 0.6) is 0 Å². The van der Waals surface area contributed by atoms with Crippen molar-refractivity contribution in [3.8, 4) is 0 Å². The molecule has 9 heteroatoms. The first kappa shape index (κ1) is 12.4. The van der Waals surface area contributed by atoms with Gasteiger partial charge < -0.3 is 10.7 Å². The molecule has 1 rings (SSSR count). The Kier molecular flexibility index (Phi) is 3.77. The molecule has 0 aliphatic carbocycles. The summed E-state index contributed by atoms with van der Waals surface area (Å²) in [6.45, 7) is -0.621. The van der Waals surface area contributed by atoms with Gasteiger partial charge in [-0.3, -0.25) is 14.4 Å². The molecule has 0 atom stereocenters. The number of amides is 1. The summed E-state index contributed by atoms with van der Waals surface area (Å²) in [5, 5.41) is 0. The third-order valence-corrected chi connectivity index (χ3v) is 2.70. The zero-order valence-corrected chi connectivity index (χ0v) is 8.78. The van der Waals surface area contributed by atoms with Crippen LogP contribution in [0.25, 0.3) is 0 Å². The third-order valence-electron chi connectivity index (χ3n) is 1.46. The van der Waals surface area contributed by atoms with Gasteiger partial charge in [-0.2, -0.15) is 0 Å². The number of aromatic amines is 1. The first-order valence-electron chi connectivity index (χ1n) is 4.02. The van der Waals surface area contributed by atoms with Gasteiger partial charge in [-0.15, -0.1) is 0 Å². The lowest BCUT2D eigenvalue weighted by atomic mass is 10.5. The molecule has 1 amide bonds. The molecule has 0 aromatic carbocycles. The Labute approximate surface area is 90.4 Å². The normalized spacial score (nSPS) is 11.2. The molecule has 0 radical (unpaired) electrons. The zero-order chi connectivity index (χ0) is 12.2. The van der Waals surface area contributed by atoms with Crippen molar-refractivity contribution in [1.82, 2.24) is 9.87 Å². The standard InChI is InChI=1S/C7H9N3O5S/c8-7(12)4-15-10-16(13,14)6-3-9-2-1-5(6)11/h1-3,10H,4H2,(H2,8,12)(H,9,11). The molecule has 4 N–H and O–H groups in total. The minimum Gasteiger partial charge on any atom is -0.368 e. The molecular formula is C7H9N3O5S. The molecule has 0 unspecified atom stereocenters. The number of H-pyrrole nitrogens is 1. The van der Waals surface area contributed by atoms with E-state index in [1.165, 1.54) is 6.20 Å². The van der Waals surface area contributed by atoms with Crippen LogP contribution in [0.3, 0.4) is 0 Å². The molecular weight excluding hydrogens is 238 g/mol. The Morgan fingerprint density at radius 1 is 1.56 bits per heavy atom. The lowest BCUT2D eigenvalue weighted by Gasteiger charge is -2.04. The van der Waals surface area contributed by atoms with E-state index in [4.69, 9.17) is 5.73 Å². The number of pyridine rings is 1. The smallest absolute Gasteiger partial charge is 0.267 e. The van der Waals surface area contributed by atoms with Gasteiger partial charge >= 0.3 is 0 Å². The fraction of sp³-hybridized carbons (Fsp3) is 0.143. The van der Waals surface area contributed by atoms with E-state index < -0.39 is 32.9 Å². The first-order chi connectivity index (χ1) is 7.43. The molecule has 0 aliphatic heterocycles. The number of hydrogen-bond acceptors (Lipinski definition) is 5. The Morgan fingerprint density at radius 2 is 2.25 bits per heavy atom. The van der Waals surface area contributed by atoms with Gasteiger partial charge in [0.05, 0.1) is 0 Å². The fourth-order valence-electron chi connectivity index (χ4n) is 0.834. The third kappa shape index (κ3) is 3.15. The summed E-state index contributed by atoms with van der Waals surface area (Å²) in [6, 6.07) is 1.04. The maximum absolute atomic E-state index is 11.4. The van der Waals surface area contributed by atoms with Crippen molar-refractivity contribution in [2.45, 2.75) is 4.90 Å². The minimum atomic E-state index is -4.11. The summed E-state index contributed by atoms with van der Waals surface area (Å²) in [5.41, 5.74) is 4.02. The van der Waals surface area contributed by atoms with Crippen molar-refractivity contribution in [2.75, 3.05) is 6.61 Å². The molecule has 8 nitrogen and oxygen atoms in total. The van der Waals surface area contributed by atoms with E-state index in [0.717, 1.165) is 12.3 Å². The van der Waals surface area contributed by atoms with Crippen molar-refractivity contribution in [2.24, 2.45) is 5.73 Å². The number of aromatic nitrogens is 1. The molecule has 1 aromatic heterocycles. The first-order valence-corrected chi connectivity index (χ1v) is 5.51. The van der Waals surface area contributed by atoms with Crippen LogP contribution in [0, 0.1) is 0 Å². The van der Waals surface area contributed by atoms with Crippen LogP contribution in [-0.4, -0.2) is 25.9 Å². The number of nitrogens with one attached hydrogen (secondary N) is 2. The molecule has 16 heavy (non-hydrogen) atoms. The summed E-state index contributed by atoms with van der Waals surface area (Å²) in [7, 11) is -4.11. The second kappa shape index (κ2) is 4.88. The van der Waals surface area contributed by atoms with Crippen molar-refractivity contribution in [3.63, 3.8) is 0 Å². The number of carbonyl (C=O) groups is 1. The Morgan fingerprint density at radius 3 is 2.81 bits per heavy atom. The van der Waals surface area contributed by atoms with E-state index in [-0.39, 0.29) is 0 Å². The molecule has 88 valence electrons. The van der Waals surface area contributed by atoms with Crippen LogP contribution >= 0.6 is 0 Å². The number of carbonyl (C=O) groups excluding carboxylic acids is 1. The summed E-state index contributed by atoms with van der Waals surface area (Å²) in [5.74, 6) is -0.843. The molecule has 0 bridgehead atoms. The van der Waals surface area contributed by atoms with Crippen LogP contribution in [0.4, 0.5) is 0 Å². The van der Waals surface area contributed by atoms with Crippen molar-refractivity contribution in [1.29, 1.82) is 0 Å². The number of sulfonamides is 1. The van der Waals surface area contributed by atoms with Crippen LogP contribution in [-0.2, 0) is 19.7 Å². The molecule has 0 spiro atoms. The molecule has 0 saturated heterocycles. The predicted molar refractivity (Wildman–Crippen MR) is 52.5 cm³/mol. The Hall–Kier alpha value is -1.71. The van der Waals surface area contributed by atoms with E-state index in [9.17, 15) is 18.0 Å². The number of nitrogens with two attached hydrogens (primary N) is 1. The molecule has 0 aliphatic rings. The van der Waals surface area contributed by atoms with Gasteiger partial charge in [0.15, 0.2) is 0 Å². The van der Waals surface area contributed by atoms with E-state index in [1.807, 2.05) is 0 Å². The molecule has 0 fully saturated rings. The average Bonchev–Trinajstić information content (AvgIpc) is 2.17. The maximum Gasteiger partial charge on any atom is 0.267 e. The van der Waals surface area contributed by atoms with Gasteiger partial charge in [-0.05, 0) is 0 Å². The van der Waals surface area contributed by atoms with Crippen molar-refractivity contribution in [3.05, 3.63) is 28.7 Å². The zero-order valence-electron chi connectivity index (χ0n) is 7.97. The largest absolute Gasteiger partial charge is 0.368 e. The van der Waals surface area contributed by atoms with E-state index in [1.54, 1.807) is 4.89 Å². The van der Waals surface area contributed by atoms with Crippen molar-refractivity contribution >= 4 is 15.9 Å². The fourth-order valence-corrected chi connectivity index (χ4v) is 1.69. The highest BCUT2D eigenvalue weighted by atomic mass is 32.2. The van der Waals surface area contributed by atoms with Gasteiger partial charge in [-0.25, -0.2) is 8.42 Å². The number of primary amides is 1. The van der Waals surface area contributed by atoms with Crippen LogP contribution in [0.1, 0.15) is 0 Å².